The van der Waals surface area contributed by atoms with Gasteiger partial charge in [0.1, 0.15) is 0 Å². The van der Waals surface area contributed by atoms with Crippen molar-refractivity contribution in [2.24, 2.45) is 11.1 Å². The van der Waals surface area contributed by atoms with E-state index in [0.717, 1.165) is 6.42 Å². The molecule has 0 aromatic heterocycles. The van der Waals surface area contributed by atoms with Gasteiger partial charge < -0.3 is 11.1 Å². The summed E-state index contributed by atoms with van der Waals surface area (Å²) in [6.45, 7) is 10.8. The second-order valence-corrected chi connectivity index (χ2v) is 4.97. The molecule has 0 saturated carbocycles. The monoisotopic (exact) mass is 200 g/mol. The van der Waals surface area contributed by atoms with Crippen LogP contribution in [0.1, 0.15) is 47.5 Å². The number of rotatable bonds is 5. The minimum atomic E-state index is -0.732. The lowest BCUT2D eigenvalue weighted by Gasteiger charge is -2.27. The van der Waals surface area contributed by atoms with Crippen LogP contribution in [-0.2, 0) is 4.79 Å². The van der Waals surface area contributed by atoms with Crippen molar-refractivity contribution in [3.8, 4) is 0 Å². The van der Waals surface area contributed by atoms with Crippen molar-refractivity contribution in [1.29, 1.82) is 0 Å². The summed E-state index contributed by atoms with van der Waals surface area (Å²) in [5.41, 5.74) is 5.24. The van der Waals surface area contributed by atoms with Gasteiger partial charge in [0.2, 0.25) is 5.91 Å². The molecule has 0 heterocycles. The molecule has 84 valence electrons. The van der Waals surface area contributed by atoms with Crippen molar-refractivity contribution < 1.29 is 4.79 Å². The van der Waals surface area contributed by atoms with Gasteiger partial charge in [0.05, 0.1) is 5.54 Å². The Morgan fingerprint density at radius 2 is 1.71 bits per heavy atom. The first-order valence-corrected chi connectivity index (χ1v) is 5.32. The fourth-order valence-corrected chi connectivity index (χ4v) is 0.807. The predicted molar refractivity (Wildman–Crippen MR) is 60.0 cm³/mol. The highest BCUT2D eigenvalue weighted by Gasteiger charge is 2.27. The minimum absolute atomic E-state index is 0.0541. The highest BCUT2D eigenvalue weighted by molar-refractivity contribution is 5.85. The largest absolute Gasteiger partial charge is 0.354 e. The molecule has 3 N–H and O–H groups in total. The van der Waals surface area contributed by atoms with Crippen molar-refractivity contribution in [3.05, 3.63) is 0 Å². The molecular formula is C11H24N2O. The van der Waals surface area contributed by atoms with Gasteiger partial charge >= 0.3 is 0 Å². The van der Waals surface area contributed by atoms with Crippen LogP contribution >= 0.6 is 0 Å². The zero-order valence-electron chi connectivity index (χ0n) is 10.1. The maximum Gasteiger partial charge on any atom is 0.239 e. The summed E-state index contributed by atoms with van der Waals surface area (Å²) in [7, 11) is 0. The Hall–Kier alpha value is -0.570. The van der Waals surface area contributed by atoms with Gasteiger partial charge in [-0.15, -0.1) is 0 Å². The topological polar surface area (TPSA) is 55.1 Å². The van der Waals surface area contributed by atoms with Gasteiger partial charge in [-0.05, 0) is 25.2 Å². The van der Waals surface area contributed by atoms with E-state index in [1.54, 1.807) is 6.92 Å². The third kappa shape index (κ3) is 4.09. The SMILES string of the molecule is CCC(C)(C)CNC(=O)C(C)(N)CC. The summed E-state index contributed by atoms with van der Waals surface area (Å²) < 4.78 is 0. The van der Waals surface area contributed by atoms with Gasteiger partial charge in [0.15, 0.2) is 0 Å². The van der Waals surface area contributed by atoms with Crippen LogP contribution in [0.25, 0.3) is 0 Å². The summed E-state index contributed by atoms with van der Waals surface area (Å²) in [4.78, 5) is 11.6. The quantitative estimate of drug-likeness (QED) is 0.709. The zero-order chi connectivity index (χ0) is 11.4. The molecule has 0 rings (SSSR count). The number of carbonyl (C=O) groups excluding carboxylic acids is 1. The molecule has 0 radical (unpaired) electrons. The Bertz CT molecular complexity index is 197. The standard InChI is InChI=1S/C11H24N2O/c1-6-10(3,4)8-13-9(14)11(5,12)7-2/h6-8,12H2,1-5H3,(H,13,14). The van der Waals surface area contributed by atoms with E-state index in [-0.39, 0.29) is 11.3 Å². The first-order chi connectivity index (χ1) is 6.25. The van der Waals surface area contributed by atoms with Crippen LogP contribution in [0, 0.1) is 5.41 Å². The molecule has 0 aliphatic rings. The second kappa shape index (κ2) is 4.78. The maximum atomic E-state index is 11.6. The van der Waals surface area contributed by atoms with Crippen LogP contribution in [0.3, 0.4) is 0 Å². The lowest BCUT2D eigenvalue weighted by Crippen LogP contribution is -2.52. The van der Waals surface area contributed by atoms with Crippen molar-refractivity contribution in [2.75, 3.05) is 6.54 Å². The van der Waals surface area contributed by atoms with Crippen LogP contribution < -0.4 is 11.1 Å². The lowest BCUT2D eigenvalue weighted by molar-refractivity contribution is -0.126. The molecule has 0 aromatic carbocycles. The van der Waals surface area contributed by atoms with Crippen LogP contribution in [-0.4, -0.2) is 18.0 Å². The molecular weight excluding hydrogens is 176 g/mol. The van der Waals surface area contributed by atoms with Gasteiger partial charge in [-0.1, -0.05) is 27.7 Å². The summed E-state index contributed by atoms with van der Waals surface area (Å²) >= 11 is 0. The van der Waals surface area contributed by atoms with E-state index in [4.69, 9.17) is 5.73 Å². The second-order valence-electron chi connectivity index (χ2n) is 4.97. The average molecular weight is 200 g/mol. The molecule has 0 aromatic rings. The Kier molecular flexibility index (Phi) is 4.59. The maximum absolute atomic E-state index is 11.6. The van der Waals surface area contributed by atoms with Crippen molar-refractivity contribution in [1.82, 2.24) is 5.32 Å². The highest BCUT2D eigenvalue weighted by atomic mass is 16.2. The normalized spacial score (nSPS) is 16.1. The van der Waals surface area contributed by atoms with Crippen molar-refractivity contribution >= 4 is 5.91 Å². The predicted octanol–water partition coefficient (Wildman–Crippen LogP) is 1.67. The summed E-state index contributed by atoms with van der Waals surface area (Å²) in [6, 6.07) is 0. The zero-order valence-corrected chi connectivity index (χ0v) is 10.1. The molecule has 1 unspecified atom stereocenters. The molecule has 0 aliphatic carbocycles. The Morgan fingerprint density at radius 1 is 1.21 bits per heavy atom. The van der Waals surface area contributed by atoms with Gasteiger partial charge in [0, 0.05) is 6.54 Å². The van der Waals surface area contributed by atoms with E-state index in [0.29, 0.717) is 13.0 Å². The summed E-state index contributed by atoms with van der Waals surface area (Å²) in [6.07, 6.45) is 1.70. The number of hydrogen-bond acceptors (Lipinski definition) is 2. The van der Waals surface area contributed by atoms with Crippen LogP contribution in [0.5, 0.6) is 0 Å². The van der Waals surface area contributed by atoms with E-state index >= 15 is 0 Å². The van der Waals surface area contributed by atoms with Crippen LogP contribution in [0.4, 0.5) is 0 Å². The molecule has 3 heteroatoms. The van der Waals surface area contributed by atoms with E-state index in [1.807, 2.05) is 6.92 Å². The third-order valence-electron chi connectivity index (χ3n) is 2.94. The van der Waals surface area contributed by atoms with E-state index in [9.17, 15) is 4.79 Å². The number of nitrogens with one attached hydrogen (secondary N) is 1. The first-order valence-electron chi connectivity index (χ1n) is 5.32. The fraction of sp³-hybridized carbons (Fsp3) is 0.909. The van der Waals surface area contributed by atoms with Crippen molar-refractivity contribution in [2.45, 2.75) is 53.0 Å². The van der Waals surface area contributed by atoms with Crippen molar-refractivity contribution in [3.63, 3.8) is 0 Å². The Labute approximate surface area is 87.4 Å². The van der Waals surface area contributed by atoms with Gasteiger partial charge in [-0.2, -0.15) is 0 Å². The fourth-order valence-electron chi connectivity index (χ4n) is 0.807. The molecule has 1 atom stereocenters. The Balaban J connectivity index is 4.10. The molecule has 0 fully saturated rings. The minimum Gasteiger partial charge on any atom is -0.354 e. The molecule has 1 amide bonds. The number of carbonyl (C=O) groups is 1. The molecule has 0 aliphatic heterocycles. The smallest absolute Gasteiger partial charge is 0.239 e. The molecule has 0 spiro atoms. The van der Waals surface area contributed by atoms with E-state index < -0.39 is 5.54 Å². The number of nitrogens with two attached hydrogens (primary N) is 1. The van der Waals surface area contributed by atoms with Crippen LogP contribution in [0.2, 0.25) is 0 Å². The average Bonchev–Trinajstić information content (AvgIpc) is 2.14. The first kappa shape index (κ1) is 13.4. The third-order valence-corrected chi connectivity index (χ3v) is 2.94. The summed E-state index contributed by atoms with van der Waals surface area (Å²) in [5, 5.41) is 2.90. The van der Waals surface area contributed by atoms with E-state index in [2.05, 4.69) is 26.1 Å². The lowest BCUT2D eigenvalue weighted by atomic mass is 9.89. The van der Waals surface area contributed by atoms with Gasteiger partial charge in [-0.3, -0.25) is 4.79 Å². The summed E-state index contributed by atoms with van der Waals surface area (Å²) in [5.74, 6) is -0.0541. The highest BCUT2D eigenvalue weighted by Crippen LogP contribution is 2.18. The van der Waals surface area contributed by atoms with Crippen LogP contribution in [0.15, 0.2) is 0 Å². The van der Waals surface area contributed by atoms with Gasteiger partial charge in [-0.25, -0.2) is 0 Å². The number of hydrogen-bond donors (Lipinski definition) is 2. The van der Waals surface area contributed by atoms with E-state index in [1.165, 1.54) is 0 Å². The van der Waals surface area contributed by atoms with Gasteiger partial charge in [0.25, 0.3) is 0 Å². The molecule has 0 bridgehead atoms. The number of amides is 1. The molecule has 0 saturated heterocycles. The molecule has 3 nitrogen and oxygen atoms in total. The Morgan fingerprint density at radius 3 is 2.07 bits per heavy atom. The molecule has 14 heavy (non-hydrogen) atoms.